The van der Waals surface area contributed by atoms with Crippen molar-refractivity contribution >= 4 is 23.3 Å². The lowest BCUT2D eigenvalue weighted by Gasteiger charge is -2.17. The number of allylic oxidation sites excluding steroid dienone is 4. The van der Waals surface area contributed by atoms with Crippen LogP contribution >= 0.6 is 11.8 Å². The summed E-state index contributed by atoms with van der Waals surface area (Å²) in [5, 5.41) is 18.0. The predicted molar refractivity (Wildman–Crippen MR) is 92.0 cm³/mol. The van der Waals surface area contributed by atoms with Crippen LogP contribution in [0.4, 0.5) is 4.39 Å². The average Bonchev–Trinajstić information content (AvgIpc) is 3.32. The quantitative estimate of drug-likeness (QED) is 0.754. The van der Waals surface area contributed by atoms with Crippen LogP contribution in [0.3, 0.4) is 0 Å². The SMILES string of the molecule is N#CC1=CC=C(c2cc(F)ccc2SCC2(CC(=O)O)CC2)CC1. The number of carboxylic acids is 1. The van der Waals surface area contributed by atoms with Crippen LogP contribution in [0.5, 0.6) is 0 Å². The van der Waals surface area contributed by atoms with Gasteiger partial charge in [-0.3, -0.25) is 4.79 Å². The van der Waals surface area contributed by atoms with Gasteiger partial charge in [0, 0.05) is 16.2 Å². The largest absolute Gasteiger partial charge is 0.481 e. The minimum atomic E-state index is -0.753. The third-order valence-corrected chi connectivity index (χ3v) is 6.02. The Morgan fingerprint density at radius 1 is 1.33 bits per heavy atom. The number of thioether (sulfide) groups is 1. The molecule has 1 saturated carbocycles. The minimum absolute atomic E-state index is 0.100. The predicted octanol–water partition coefficient (Wildman–Crippen LogP) is 4.80. The monoisotopic (exact) mass is 343 g/mol. The maximum atomic E-state index is 13.7. The Labute approximate surface area is 144 Å². The number of rotatable bonds is 6. The summed E-state index contributed by atoms with van der Waals surface area (Å²) >= 11 is 1.61. The highest BCUT2D eigenvalue weighted by molar-refractivity contribution is 7.99. The van der Waals surface area contributed by atoms with E-state index in [2.05, 4.69) is 6.07 Å². The molecule has 0 spiro atoms. The molecule has 0 radical (unpaired) electrons. The van der Waals surface area contributed by atoms with Crippen molar-refractivity contribution in [1.29, 1.82) is 5.26 Å². The minimum Gasteiger partial charge on any atom is -0.481 e. The normalized spacial score (nSPS) is 18.3. The fourth-order valence-electron chi connectivity index (χ4n) is 2.93. The van der Waals surface area contributed by atoms with E-state index < -0.39 is 5.97 Å². The lowest BCUT2D eigenvalue weighted by molar-refractivity contribution is -0.138. The number of carbonyl (C=O) groups is 1. The van der Waals surface area contributed by atoms with E-state index in [1.54, 1.807) is 23.9 Å². The van der Waals surface area contributed by atoms with E-state index in [0.717, 1.165) is 46.6 Å². The number of nitrogens with zero attached hydrogens (tertiary/aromatic N) is 1. The van der Waals surface area contributed by atoms with E-state index in [1.165, 1.54) is 12.1 Å². The summed E-state index contributed by atoms with van der Waals surface area (Å²) in [7, 11) is 0. The first kappa shape index (κ1) is 16.8. The van der Waals surface area contributed by atoms with Gasteiger partial charge in [0.05, 0.1) is 12.5 Å². The van der Waals surface area contributed by atoms with Crippen LogP contribution < -0.4 is 0 Å². The second-order valence-electron chi connectivity index (χ2n) is 6.50. The van der Waals surface area contributed by atoms with Crippen LogP contribution in [-0.4, -0.2) is 16.8 Å². The van der Waals surface area contributed by atoms with Gasteiger partial charge in [0.15, 0.2) is 0 Å². The highest BCUT2D eigenvalue weighted by atomic mass is 32.2. The molecule has 5 heteroatoms. The molecule has 3 rings (SSSR count). The van der Waals surface area contributed by atoms with E-state index >= 15 is 0 Å². The maximum Gasteiger partial charge on any atom is 0.303 e. The zero-order chi connectivity index (χ0) is 17.2. The molecule has 0 amide bonds. The molecule has 2 aliphatic carbocycles. The van der Waals surface area contributed by atoms with Gasteiger partial charge in [0.2, 0.25) is 0 Å². The molecular formula is C19H18FNO2S. The first-order valence-electron chi connectivity index (χ1n) is 7.96. The molecule has 0 aliphatic heterocycles. The Kier molecular flexibility index (Phi) is 4.77. The lowest BCUT2D eigenvalue weighted by Crippen LogP contribution is -2.11. The van der Waals surface area contributed by atoms with Crippen LogP contribution in [0.25, 0.3) is 5.57 Å². The first-order valence-corrected chi connectivity index (χ1v) is 8.94. The van der Waals surface area contributed by atoms with Crippen molar-refractivity contribution in [2.75, 3.05) is 5.75 Å². The van der Waals surface area contributed by atoms with Crippen LogP contribution in [0.2, 0.25) is 0 Å². The fraction of sp³-hybridized carbons (Fsp3) is 0.368. The zero-order valence-electron chi connectivity index (χ0n) is 13.2. The Morgan fingerprint density at radius 2 is 2.12 bits per heavy atom. The van der Waals surface area contributed by atoms with Gasteiger partial charge in [-0.15, -0.1) is 11.8 Å². The first-order chi connectivity index (χ1) is 11.5. The second-order valence-corrected chi connectivity index (χ2v) is 7.51. The van der Waals surface area contributed by atoms with Gasteiger partial charge in [-0.05, 0) is 66.5 Å². The molecular weight excluding hydrogens is 325 g/mol. The standard InChI is InChI=1S/C19H18FNO2S/c20-15-5-6-17(24-12-19(7-8-19)10-18(22)23)16(9-15)14-3-1-13(11-21)2-4-14/h1,3,5-6,9H,2,4,7-8,10,12H2,(H,22,23). The summed E-state index contributed by atoms with van der Waals surface area (Å²) in [6.07, 6.45) is 7.17. The number of halogens is 1. The molecule has 0 heterocycles. The van der Waals surface area contributed by atoms with Gasteiger partial charge in [-0.25, -0.2) is 4.39 Å². The van der Waals surface area contributed by atoms with Crippen molar-refractivity contribution in [3.05, 3.63) is 47.3 Å². The third kappa shape index (κ3) is 3.88. The number of benzene rings is 1. The molecule has 0 unspecified atom stereocenters. The molecule has 1 N–H and O–H groups in total. The van der Waals surface area contributed by atoms with Crippen molar-refractivity contribution < 1.29 is 14.3 Å². The third-order valence-electron chi connectivity index (χ3n) is 4.60. The summed E-state index contributed by atoms with van der Waals surface area (Å²) in [5.41, 5.74) is 2.53. The Balaban J connectivity index is 1.80. The lowest BCUT2D eigenvalue weighted by atomic mass is 9.94. The van der Waals surface area contributed by atoms with Gasteiger partial charge in [-0.1, -0.05) is 6.08 Å². The fourth-order valence-corrected chi connectivity index (χ4v) is 4.30. The number of carboxylic acid groups (broad SMARTS) is 1. The van der Waals surface area contributed by atoms with Gasteiger partial charge in [-0.2, -0.15) is 5.26 Å². The maximum absolute atomic E-state index is 13.7. The molecule has 0 aromatic heterocycles. The smallest absolute Gasteiger partial charge is 0.303 e. The van der Waals surface area contributed by atoms with Crippen molar-refractivity contribution in [2.24, 2.45) is 5.41 Å². The highest BCUT2D eigenvalue weighted by Gasteiger charge is 2.44. The Morgan fingerprint density at radius 3 is 2.71 bits per heavy atom. The highest BCUT2D eigenvalue weighted by Crippen LogP contribution is 2.52. The number of hydrogen-bond acceptors (Lipinski definition) is 3. The van der Waals surface area contributed by atoms with Crippen LogP contribution in [-0.2, 0) is 4.79 Å². The van der Waals surface area contributed by atoms with E-state index in [-0.39, 0.29) is 17.7 Å². The Hall–Kier alpha value is -2.06. The van der Waals surface area contributed by atoms with Gasteiger partial charge < -0.3 is 5.11 Å². The second kappa shape index (κ2) is 6.82. The van der Waals surface area contributed by atoms with E-state index in [1.807, 2.05) is 6.08 Å². The van der Waals surface area contributed by atoms with Crippen LogP contribution in [0.1, 0.15) is 37.7 Å². The molecule has 3 nitrogen and oxygen atoms in total. The summed E-state index contributed by atoms with van der Waals surface area (Å²) in [5.74, 6) is -0.293. The van der Waals surface area contributed by atoms with Gasteiger partial charge in [0.25, 0.3) is 0 Å². The van der Waals surface area contributed by atoms with Crippen LogP contribution in [0.15, 0.2) is 40.8 Å². The van der Waals surface area contributed by atoms with E-state index in [0.29, 0.717) is 6.42 Å². The summed E-state index contributed by atoms with van der Waals surface area (Å²) in [4.78, 5) is 12.0. The van der Waals surface area contributed by atoms with Crippen molar-refractivity contribution in [2.45, 2.75) is 37.0 Å². The molecule has 0 saturated heterocycles. The van der Waals surface area contributed by atoms with Gasteiger partial charge >= 0.3 is 5.97 Å². The Bertz CT molecular complexity index is 772. The van der Waals surface area contributed by atoms with Gasteiger partial charge in [0.1, 0.15) is 5.82 Å². The van der Waals surface area contributed by atoms with E-state index in [4.69, 9.17) is 10.4 Å². The molecule has 0 atom stereocenters. The number of hydrogen-bond donors (Lipinski definition) is 1. The molecule has 124 valence electrons. The molecule has 1 aromatic carbocycles. The molecule has 1 fully saturated rings. The van der Waals surface area contributed by atoms with E-state index in [9.17, 15) is 9.18 Å². The number of aliphatic carboxylic acids is 1. The average molecular weight is 343 g/mol. The molecule has 24 heavy (non-hydrogen) atoms. The summed E-state index contributed by atoms with van der Waals surface area (Å²) < 4.78 is 13.7. The number of nitriles is 1. The molecule has 0 bridgehead atoms. The van der Waals surface area contributed by atoms with Crippen LogP contribution in [0, 0.1) is 22.6 Å². The summed E-state index contributed by atoms with van der Waals surface area (Å²) in [6.45, 7) is 0. The van der Waals surface area contributed by atoms with Crippen molar-refractivity contribution in [1.82, 2.24) is 0 Å². The molecule has 1 aromatic rings. The topological polar surface area (TPSA) is 61.1 Å². The van der Waals surface area contributed by atoms with Crippen molar-refractivity contribution in [3.8, 4) is 6.07 Å². The molecule has 2 aliphatic rings. The zero-order valence-corrected chi connectivity index (χ0v) is 14.0. The summed E-state index contributed by atoms with van der Waals surface area (Å²) in [6, 6.07) is 6.91. The van der Waals surface area contributed by atoms with Crippen molar-refractivity contribution in [3.63, 3.8) is 0 Å².